The maximum Gasteiger partial charge on any atom is 0.303 e. The van der Waals surface area contributed by atoms with Crippen molar-refractivity contribution in [1.29, 1.82) is 0 Å². The average molecular weight is 373 g/mol. The van der Waals surface area contributed by atoms with Crippen LogP contribution in [-0.2, 0) is 9.59 Å². The van der Waals surface area contributed by atoms with E-state index in [1.165, 1.54) is 5.69 Å². The van der Waals surface area contributed by atoms with Crippen molar-refractivity contribution in [1.82, 2.24) is 9.80 Å². The number of aliphatic carboxylic acids is 1. The van der Waals surface area contributed by atoms with Crippen LogP contribution >= 0.6 is 0 Å². The predicted molar refractivity (Wildman–Crippen MR) is 106 cm³/mol. The number of carboxylic acids is 1. The van der Waals surface area contributed by atoms with Crippen LogP contribution in [0.25, 0.3) is 0 Å². The number of amides is 1. The summed E-state index contributed by atoms with van der Waals surface area (Å²) in [4.78, 5) is 30.3. The van der Waals surface area contributed by atoms with Crippen molar-refractivity contribution >= 4 is 17.6 Å². The fourth-order valence-electron chi connectivity index (χ4n) is 4.18. The van der Waals surface area contributed by atoms with E-state index in [4.69, 9.17) is 5.11 Å². The SMILES string of the molecule is O=C(O)CCC1CCCCN1C(=O)CCN1CCN(c2ccccc2)CC1. The van der Waals surface area contributed by atoms with Gasteiger partial charge in [-0.2, -0.15) is 0 Å². The van der Waals surface area contributed by atoms with Crippen LogP contribution in [0.1, 0.15) is 38.5 Å². The maximum absolute atomic E-state index is 12.7. The van der Waals surface area contributed by atoms with Crippen LogP contribution in [0.15, 0.2) is 30.3 Å². The molecule has 2 saturated heterocycles. The van der Waals surface area contributed by atoms with Crippen molar-refractivity contribution in [2.45, 2.75) is 44.6 Å². The third kappa shape index (κ3) is 5.70. The fourth-order valence-corrected chi connectivity index (χ4v) is 4.18. The zero-order chi connectivity index (χ0) is 19.1. The number of hydrogen-bond donors (Lipinski definition) is 1. The summed E-state index contributed by atoms with van der Waals surface area (Å²) in [6.45, 7) is 5.51. The summed E-state index contributed by atoms with van der Waals surface area (Å²) in [5, 5.41) is 8.93. The molecule has 0 saturated carbocycles. The number of hydrogen-bond acceptors (Lipinski definition) is 4. The fraction of sp³-hybridized carbons (Fsp3) is 0.619. The first kappa shape index (κ1) is 19.7. The molecular formula is C21H31N3O3. The summed E-state index contributed by atoms with van der Waals surface area (Å²) in [5.41, 5.74) is 1.27. The van der Waals surface area contributed by atoms with Gasteiger partial charge in [0.25, 0.3) is 0 Å². The number of benzene rings is 1. The number of piperidine rings is 1. The second kappa shape index (κ2) is 9.74. The smallest absolute Gasteiger partial charge is 0.303 e. The first-order chi connectivity index (χ1) is 13.1. The molecule has 1 unspecified atom stereocenters. The van der Waals surface area contributed by atoms with Crippen LogP contribution < -0.4 is 4.90 Å². The molecule has 0 aliphatic carbocycles. The highest BCUT2D eigenvalue weighted by atomic mass is 16.4. The van der Waals surface area contributed by atoms with Crippen LogP contribution in [0.4, 0.5) is 5.69 Å². The largest absolute Gasteiger partial charge is 0.481 e. The highest BCUT2D eigenvalue weighted by Crippen LogP contribution is 2.22. The number of piperazine rings is 1. The molecule has 1 atom stereocenters. The van der Waals surface area contributed by atoms with Crippen LogP contribution in [0.5, 0.6) is 0 Å². The van der Waals surface area contributed by atoms with Gasteiger partial charge in [-0.15, -0.1) is 0 Å². The number of likely N-dealkylation sites (tertiary alicyclic amines) is 1. The topological polar surface area (TPSA) is 64.1 Å². The lowest BCUT2D eigenvalue weighted by Gasteiger charge is -2.38. The van der Waals surface area contributed by atoms with Gasteiger partial charge in [-0.25, -0.2) is 0 Å². The molecule has 3 rings (SSSR count). The van der Waals surface area contributed by atoms with Crippen molar-refractivity contribution in [2.75, 3.05) is 44.2 Å². The predicted octanol–water partition coefficient (Wildman–Crippen LogP) is 2.44. The molecule has 27 heavy (non-hydrogen) atoms. The quantitative estimate of drug-likeness (QED) is 0.795. The van der Waals surface area contributed by atoms with Gasteiger partial charge in [0.05, 0.1) is 0 Å². The van der Waals surface area contributed by atoms with Crippen molar-refractivity contribution in [3.63, 3.8) is 0 Å². The Morgan fingerprint density at radius 3 is 2.41 bits per heavy atom. The van der Waals surface area contributed by atoms with Gasteiger partial charge in [0.1, 0.15) is 0 Å². The van der Waals surface area contributed by atoms with Crippen LogP contribution in [0, 0.1) is 0 Å². The van der Waals surface area contributed by atoms with Gasteiger partial charge in [0, 0.05) is 63.8 Å². The van der Waals surface area contributed by atoms with E-state index in [9.17, 15) is 9.59 Å². The van der Waals surface area contributed by atoms with Gasteiger partial charge >= 0.3 is 5.97 Å². The summed E-state index contributed by atoms with van der Waals surface area (Å²) in [7, 11) is 0. The Bertz CT molecular complexity index is 614. The van der Waals surface area contributed by atoms with E-state index in [2.05, 4.69) is 34.1 Å². The molecule has 6 nitrogen and oxygen atoms in total. The number of rotatable bonds is 7. The van der Waals surface area contributed by atoms with Gasteiger partial charge < -0.3 is 14.9 Å². The Balaban J connectivity index is 1.42. The zero-order valence-electron chi connectivity index (χ0n) is 16.1. The second-order valence-electron chi connectivity index (χ2n) is 7.58. The number of nitrogens with zero attached hydrogens (tertiary/aromatic N) is 3. The van der Waals surface area contributed by atoms with E-state index in [1.54, 1.807) is 0 Å². The molecule has 0 bridgehead atoms. The van der Waals surface area contributed by atoms with Gasteiger partial charge in [-0.1, -0.05) is 18.2 Å². The van der Waals surface area contributed by atoms with Crippen molar-refractivity contribution in [3.8, 4) is 0 Å². The first-order valence-corrected chi connectivity index (χ1v) is 10.2. The van der Waals surface area contributed by atoms with E-state index >= 15 is 0 Å². The lowest BCUT2D eigenvalue weighted by Crippen LogP contribution is -2.48. The average Bonchev–Trinajstić information content (AvgIpc) is 2.71. The normalized spacial score (nSPS) is 21.3. The Morgan fingerprint density at radius 2 is 1.70 bits per heavy atom. The second-order valence-corrected chi connectivity index (χ2v) is 7.58. The highest BCUT2D eigenvalue weighted by molar-refractivity contribution is 5.77. The third-order valence-electron chi connectivity index (χ3n) is 5.77. The Hall–Kier alpha value is -2.08. The molecular weight excluding hydrogens is 342 g/mol. The number of carbonyl (C=O) groups excluding carboxylic acids is 1. The van der Waals surface area contributed by atoms with Gasteiger partial charge in [-0.05, 0) is 37.8 Å². The van der Waals surface area contributed by atoms with Crippen molar-refractivity contribution < 1.29 is 14.7 Å². The molecule has 0 radical (unpaired) electrons. The van der Waals surface area contributed by atoms with Crippen molar-refractivity contribution in [2.24, 2.45) is 0 Å². The molecule has 1 aromatic carbocycles. The van der Waals surface area contributed by atoms with E-state index in [1.807, 2.05) is 11.0 Å². The summed E-state index contributed by atoms with van der Waals surface area (Å²) in [6.07, 6.45) is 4.33. The van der Waals surface area contributed by atoms with E-state index in [0.29, 0.717) is 12.8 Å². The molecule has 2 heterocycles. The molecule has 1 aromatic rings. The number of para-hydroxylation sites is 1. The maximum atomic E-state index is 12.7. The molecule has 148 valence electrons. The molecule has 1 amide bonds. The van der Waals surface area contributed by atoms with Gasteiger partial charge in [0.2, 0.25) is 5.91 Å². The lowest BCUT2D eigenvalue weighted by molar-refractivity contribution is -0.140. The van der Waals surface area contributed by atoms with Crippen LogP contribution in [0.3, 0.4) is 0 Å². The monoisotopic (exact) mass is 373 g/mol. The standard InChI is InChI=1S/C21H31N3O3/c25-20(24-12-5-4-8-19(24)9-10-21(26)27)11-13-22-14-16-23(17-15-22)18-6-2-1-3-7-18/h1-3,6-7,19H,4-5,8-17H2,(H,26,27). The van der Waals surface area contributed by atoms with Crippen LogP contribution in [-0.4, -0.2) is 72.1 Å². The van der Waals surface area contributed by atoms with Crippen molar-refractivity contribution in [3.05, 3.63) is 30.3 Å². The molecule has 1 N–H and O–H groups in total. The van der Waals surface area contributed by atoms with E-state index in [0.717, 1.165) is 58.5 Å². The number of anilines is 1. The zero-order valence-corrected chi connectivity index (χ0v) is 16.1. The molecule has 6 heteroatoms. The van der Waals surface area contributed by atoms with Crippen LogP contribution in [0.2, 0.25) is 0 Å². The van der Waals surface area contributed by atoms with Gasteiger partial charge in [0.15, 0.2) is 0 Å². The Morgan fingerprint density at radius 1 is 0.963 bits per heavy atom. The molecule has 2 aliphatic rings. The molecule has 2 fully saturated rings. The Labute approximate surface area is 161 Å². The third-order valence-corrected chi connectivity index (χ3v) is 5.77. The first-order valence-electron chi connectivity index (χ1n) is 10.2. The minimum atomic E-state index is -0.774. The number of carboxylic acid groups (broad SMARTS) is 1. The number of carbonyl (C=O) groups is 2. The molecule has 0 aromatic heterocycles. The van der Waals surface area contributed by atoms with Gasteiger partial charge in [-0.3, -0.25) is 14.5 Å². The molecule has 0 spiro atoms. The summed E-state index contributed by atoms with van der Waals surface area (Å²) >= 11 is 0. The van der Waals surface area contributed by atoms with E-state index < -0.39 is 5.97 Å². The molecule has 2 aliphatic heterocycles. The summed E-state index contributed by atoms with van der Waals surface area (Å²) in [6, 6.07) is 10.6. The lowest BCUT2D eigenvalue weighted by atomic mass is 9.97. The summed E-state index contributed by atoms with van der Waals surface area (Å²) < 4.78 is 0. The minimum Gasteiger partial charge on any atom is -0.481 e. The highest BCUT2D eigenvalue weighted by Gasteiger charge is 2.27. The summed E-state index contributed by atoms with van der Waals surface area (Å²) in [5.74, 6) is -0.583. The minimum absolute atomic E-state index is 0.109. The Kier molecular flexibility index (Phi) is 7.10. The van der Waals surface area contributed by atoms with E-state index in [-0.39, 0.29) is 18.4 Å².